The van der Waals surface area contributed by atoms with E-state index in [0.717, 1.165) is 31.1 Å². The van der Waals surface area contributed by atoms with E-state index in [1.807, 2.05) is 24.3 Å². The maximum Gasteiger partial charge on any atom is 0.118 e. The van der Waals surface area contributed by atoms with Gasteiger partial charge in [-0.1, -0.05) is 12.1 Å². The Kier molecular flexibility index (Phi) is 4.80. The first-order chi connectivity index (χ1) is 9.13. The lowest BCUT2D eigenvalue weighted by atomic mass is 10.0. The van der Waals surface area contributed by atoms with Gasteiger partial charge in [-0.2, -0.15) is 0 Å². The molecule has 1 aromatic rings. The molecule has 0 amide bonds. The summed E-state index contributed by atoms with van der Waals surface area (Å²) in [5.41, 5.74) is 0.923. The molecule has 2 rings (SSSR count). The van der Waals surface area contributed by atoms with Crippen LogP contribution in [-0.2, 0) is 4.74 Å². The minimum absolute atomic E-state index is 0.0762. The van der Waals surface area contributed by atoms with Gasteiger partial charge >= 0.3 is 0 Å². The van der Waals surface area contributed by atoms with Gasteiger partial charge in [0.05, 0.1) is 26.4 Å². The summed E-state index contributed by atoms with van der Waals surface area (Å²) < 4.78 is 10.6. The van der Waals surface area contributed by atoms with Crippen LogP contribution in [0.3, 0.4) is 0 Å². The summed E-state index contributed by atoms with van der Waals surface area (Å²) in [5, 5.41) is 10.5. The summed E-state index contributed by atoms with van der Waals surface area (Å²) in [6.45, 7) is 6.55. The molecule has 3 unspecified atom stereocenters. The molecule has 1 aliphatic rings. The first-order valence-electron chi connectivity index (χ1n) is 6.79. The van der Waals surface area contributed by atoms with E-state index >= 15 is 0 Å². The zero-order chi connectivity index (χ0) is 13.8. The Labute approximate surface area is 114 Å². The Morgan fingerprint density at radius 2 is 2.05 bits per heavy atom. The molecule has 0 bridgehead atoms. The second-order valence-corrected chi connectivity index (χ2v) is 5.12. The van der Waals surface area contributed by atoms with Gasteiger partial charge < -0.3 is 14.6 Å². The highest BCUT2D eigenvalue weighted by atomic mass is 16.5. The number of benzene rings is 1. The average molecular weight is 265 g/mol. The van der Waals surface area contributed by atoms with Crippen molar-refractivity contribution in [3.8, 4) is 5.75 Å². The van der Waals surface area contributed by atoms with Crippen LogP contribution in [0.2, 0.25) is 0 Å². The van der Waals surface area contributed by atoms with E-state index < -0.39 is 6.10 Å². The quantitative estimate of drug-likeness (QED) is 0.902. The van der Waals surface area contributed by atoms with Gasteiger partial charge in [0.15, 0.2) is 0 Å². The van der Waals surface area contributed by atoms with Gasteiger partial charge in [0, 0.05) is 18.6 Å². The number of morpholine rings is 1. The molecule has 1 aromatic carbocycles. The van der Waals surface area contributed by atoms with E-state index in [1.165, 1.54) is 0 Å². The monoisotopic (exact) mass is 265 g/mol. The minimum atomic E-state index is -0.494. The van der Waals surface area contributed by atoms with E-state index in [9.17, 15) is 5.11 Å². The highest BCUT2D eigenvalue weighted by molar-refractivity contribution is 5.29. The molecular formula is C15H23NO3. The Balaban J connectivity index is 2.06. The van der Waals surface area contributed by atoms with Crippen molar-refractivity contribution < 1.29 is 14.6 Å². The zero-order valence-electron chi connectivity index (χ0n) is 11.9. The summed E-state index contributed by atoms with van der Waals surface area (Å²) in [5.74, 6) is 0.809. The number of nitrogens with zero attached hydrogens (tertiary/aromatic N) is 1. The van der Waals surface area contributed by atoms with Crippen LogP contribution in [0.15, 0.2) is 24.3 Å². The van der Waals surface area contributed by atoms with E-state index in [-0.39, 0.29) is 6.04 Å². The zero-order valence-corrected chi connectivity index (χ0v) is 11.9. The average Bonchev–Trinajstić information content (AvgIpc) is 2.46. The van der Waals surface area contributed by atoms with Gasteiger partial charge in [-0.05, 0) is 31.5 Å². The maximum absolute atomic E-state index is 10.5. The van der Waals surface area contributed by atoms with Gasteiger partial charge in [0.1, 0.15) is 5.75 Å². The fraction of sp³-hybridized carbons (Fsp3) is 0.600. The van der Waals surface area contributed by atoms with Gasteiger partial charge in [0.2, 0.25) is 0 Å². The van der Waals surface area contributed by atoms with Crippen molar-refractivity contribution in [1.29, 1.82) is 0 Å². The van der Waals surface area contributed by atoms with Crippen molar-refractivity contribution in [2.24, 2.45) is 0 Å². The lowest BCUT2D eigenvalue weighted by Gasteiger charge is -2.39. The summed E-state index contributed by atoms with van der Waals surface area (Å²) in [6.07, 6.45) is -0.494. The Hall–Kier alpha value is -1.10. The number of hydrogen-bond donors (Lipinski definition) is 1. The highest BCUT2D eigenvalue weighted by Crippen LogP contribution is 2.25. The molecule has 0 radical (unpaired) electrons. The lowest BCUT2D eigenvalue weighted by Crippen LogP contribution is -2.50. The molecule has 1 N–H and O–H groups in total. The molecule has 3 atom stereocenters. The molecule has 0 saturated carbocycles. The van der Waals surface area contributed by atoms with Crippen molar-refractivity contribution in [3.63, 3.8) is 0 Å². The summed E-state index contributed by atoms with van der Waals surface area (Å²) in [7, 11) is 1.64. The first-order valence-corrected chi connectivity index (χ1v) is 6.79. The molecule has 1 fully saturated rings. The maximum atomic E-state index is 10.5. The Morgan fingerprint density at radius 1 is 1.37 bits per heavy atom. The second-order valence-electron chi connectivity index (χ2n) is 5.12. The molecule has 19 heavy (non-hydrogen) atoms. The van der Waals surface area contributed by atoms with Crippen LogP contribution in [-0.4, -0.2) is 49.0 Å². The van der Waals surface area contributed by atoms with Gasteiger partial charge in [-0.25, -0.2) is 0 Å². The van der Waals surface area contributed by atoms with Crippen LogP contribution in [0.5, 0.6) is 5.75 Å². The molecule has 1 saturated heterocycles. The normalized spacial score (nSPS) is 23.9. The predicted octanol–water partition coefficient (Wildman–Crippen LogP) is 1.84. The number of rotatable bonds is 4. The number of ether oxygens (including phenoxy) is 2. The third kappa shape index (κ3) is 3.26. The Bertz CT molecular complexity index is 393. The van der Waals surface area contributed by atoms with Gasteiger partial charge in [-0.15, -0.1) is 0 Å². The molecule has 4 heteroatoms. The molecule has 106 valence electrons. The van der Waals surface area contributed by atoms with E-state index in [1.54, 1.807) is 7.11 Å². The summed E-state index contributed by atoms with van der Waals surface area (Å²) in [4.78, 5) is 2.30. The van der Waals surface area contributed by atoms with Crippen molar-refractivity contribution in [2.45, 2.75) is 32.0 Å². The molecular weight excluding hydrogens is 242 g/mol. The van der Waals surface area contributed by atoms with Crippen molar-refractivity contribution >= 4 is 0 Å². The smallest absolute Gasteiger partial charge is 0.118 e. The van der Waals surface area contributed by atoms with Crippen LogP contribution in [0, 0.1) is 0 Å². The summed E-state index contributed by atoms with van der Waals surface area (Å²) >= 11 is 0. The van der Waals surface area contributed by atoms with E-state index in [4.69, 9.17) is 9.47 Å². The Morgan fingerprint density at radius 3 is 2.63 bits per heavy atom. The molecule has 1 heterocycles. The lowest BCUT2D eigenvalue weighted by molar-refractivity contribution is -0.0490. The van der Waals surface area contributed by atoms with Crippen molar-refractivity contribution in [1.82, 2.24) is 4.90 Å². The standard InChI is InChI=1S/C15H23NO3/c1-11-10-19-9-8-16(11)12(2)15(17)13-4-6-14(18-3)7-5-13/h4-7,11-12,15,17H,8-10H2,1-3H3. The third-order valence-electron chi connectivity index (χ3n) is 3.86. The molecule has 4 nitrogen and oxygen atoms in total. The highest BCUT2D eigenvalue weighted by Gasteiger charge is 2.28. The van der Waals surface area contributed by atoms with Crippen molar-refractivity contribution in [2.75, 3.05) is 26.9 Å². The molecule has 0 spiro atoms. The number of aliphatic hydroxyl groups excluding tert-OH is 1. The first kappa shape index (κ1) is 14.3. The number of methoxy groups -OCH3 is 1. The van der Waals surface area contributed by atoms with Crippen LogP contribution in [0.25, 0.3) is 0 Å². The predicted molar refractivity (Wildman–Crippen MR) is 74.4 cm³/mol. The van der Waals surface area contributed by atoms with E-state index in [0.29, 0.717) is 6.04 Å². The largest absolute Gasteiger partial charge is 0.497 e. The van der Waals surface area contributed by atoms with Crippen LogP contribution in [0.1, 0.15) is 25.5 Å². The van der Waals surface area contributed by atoms with Crippen LogP contribution in [0.4, 0.5) is 0 Å². The third-order valence-corrected chi connectivity index (χ3v) is 3.86. The topological polar surface area (TPSA) is 41.9 Å². The van der Waals surface area contributed by atoms with Crippen LogP contribution >= 0.6 is 0 Å². The molecule has 0 aliphatic carbocycles. The fourth-order valence-corrected chi connectivity index (χ4v) is 2.61. The summed E-state index contributed by atoms with van der Waals surface area (Å²) in [6, 6.07) is 8.03. The van der Waals surface area contributed by atoms with Gasteiger partial charge in [-0.3, -0.25) is 4.90 Å². The van der Waals surface area contributed by atoms with Crippen LogP contribution < -0.4 is 4.74 Å². The number of aliphatic hydroxyl groups is 1. The minimum Gasteiger partial charge on any atom is -0.497 e. The van der Waals surface area contributed by atoms with Crippen molar-refractivity contribution in [3.05, 3.63) is 29.8 Å². The van der Waals surface area contributed by atoms with E-state index in [2.05, 4.69) is 18.7 Å². The number of hydrogen-bond acceptors (Lipinski definition) is 4. The SMILES string of the molecule is COc1ccc(C(O)C(C)N2CCOCC2C)cc1. The molecule has 0 aromatic heterocycles. The fourth-order valence-electron chi connectivity index (χ4n) is 2.61. The second kappa shape index (κ2) is 6.37. The van der Waals surface area contributed by atoms with Gasteiger partial charge in [0.25, 0.3) is 0 Å². The molecule has 1 aliphatic heterocycles.